The molecule has 2 nitrogen and oxygen atoms in total. The third-order valence-electron chi connectivity index (χ3n) is 3.95. The van der Waals surface area contributed by atoms with E-state index in [0.717, 1.165) is 19.8 Å². The van der Waals surface area contributed by atoms with Crippen molar-refractivity contribution >= 4 is 0 Å². The number of hydrogen-bond acceptors (Lipinski definition) is 2. The molecule has 1 fully saturated rings. The Bertz CT molecular complexity index is 475. The average Bonchev–Trinajstić information content (AvgIpc) is 2.46. The molecule has 0 N–H and O–H groups in total. The number of rotatable bonds is 6. The lowest BCUT2D eigenvalue weighted by molar-refractivity contribution is -0.0912. The molecule has 0 spiro atoms. The van der Waals surface area contributed by atoms with Gasteiger partial charge in [0.1, 0.15) is 0 Å². The SMILES string of the molecule is CCCCCC1COCCO1.CCCc1cc2ccc1=2. The van der Waals surface area contributed by atoms with Gasteiger partial charge >= 0.3 is 0 Å². The molecule has 2 aliphatic carbocycles. The van der Waals surface area contributed by atoms with Crippen LogP contribution in [0.4, 0.5) is 0 Å². The third kappa shape index (κ3) is 4.32. The Morgan fingerprint density at radius 3 is 2.50 bits per heavy atom. The second kappa shape index (κ2) is 8.43. The van der Waals surface area contributed by atoms with E-state index in [9.17, 15) is 0 Å². The number of hydrogen-bond donors (Lipinski definition) is 0. The molecule has 2 heteroatoms. The molecule has 1 saturated heterocycles. The summed E-state index contributed by atoms with van der Waals surface area (Å²) in [7, 11) is 0. The van der Waals surface area contributed by atoms with Crippen LogP contribution < -0.4 is 0 Å². The Morgan fingerprint density at radius 2 is 2.00 bits per heavy atom. The highest BCUT2D eigenvalue weighted by molar-refractivity contribution is 5.33. The van der Waals surface area contributed by atoms with E-state index in [-0.39, 0.29) is 0 Å². The Kier molecular flexibility index (Phi) is 6.55. The smallest absolute Gasteiger partial charge is 0.0809 e. The second-order valence-corrected chi connectivity index (χ2v) is 5.69. The molecule has 0 saturated carbocycles. The standard InChI is InChI=1S/C9H18O2.C9H10/c1-2-3-4-5-9-8-10-6-7-11-9;1-2-3-7-6-8-4-5-9(7)8/h9H,2-8H2,1H3;4-6H,2-3H2,1H3. The summed E-state index contributed by atoms with van der Waals surface area (Å²) in [6, 6.07) is 6.67. The molecule has 112 valence electrons. The first-order valence-electron chi connectivity index (χ1n) is 8.17. The van der Waals surface area contributed by atoms with Gasteiger partial charge in [-0.1, -0.05) is 57.7 Å². The van der Waals surface area contributed by atoms with Crippen molar-refractivity contribution < 1.29 is 9.47 Å². The van der Waals surface area contributed by atoms with Crippen LogP contribution in [0.15, 0.2) is 18.2 Å². The van der Waals surface area contributed by atoms with Crippen molar-refractivity contribution in [2.24, 2.45) is 0 Å². The van der Waals surface area contributed by atoms with Gasteiger partial charge in [-0.3, -0.25) is 0 Å². The minimum atomic E-state index is 0.385. The van der Waals surface area contributed by atoms with Crippen molar-refractivity contribution in [2.45, 2.75) is 58.5 Å². The minimum Gasteiger partial charge on any atom is -0.376 e. The van der Waals surface area contributed by atoms with E-state index < -0.39 is 0 Å². The molecule has 0 aromatic rings. The maximum Gasteiger partial charge on any atom is 0.0809 e. The highest BCUT2D eigenvalue weighted by Gasteiger charge is 2.12. The summed E-state index contributed by atoms with van der Waals surface area (Å²) in [5.41, 5.74) is 1.56. The van der Waals surface area contributed by atoms with Crippen molar-refractivity contribution in [3.8, 4) is 0 Å². The number of ether oxygens (including phenoxy) is 2. The lowest BCUT2D eigenvalue weighted by Gasteiger charge is -2.22. The fraction of sp³-hybridized carbons (Fsp3) is 0.667. The van der Waals surface area contributed by atoms with Crippen molar-refractivity contribution in [2.75, 3.05) is 19.8 Å². The molecule has 0 radical (unpaired) electrons. The van der Waals surface area contributed by atoms with Gasteiger partial charge in [0, 0.05) is 0 Å². The normalized spacial score (nSPS) is 19.2. The van der Waals surface area contributed by atoms with E-state index >= 15 is 0 Å². The molecule has 0 bridgehead atoms. The fourth-order valence-corrected chi connectivity index (χ4v) is 2.67. The number of benzene rings is 1. The summed E-state index contributed by atoms with van der Waals surface area (Å²) in [5.74, 6) is 0. The Morgan fingerprint density at radius 1 is 1.10 bits per heavy atom. The van der Waals surface area contributed by atoms with Gasteiger partial charge in [0.05, 0.1) is 25.9 Å². The predicted molar refractivity (Wildman–Crippen MR) is 82.8 cm³/mol. The van der Waals surface area contributed by atoms with Crippen molar-refractivity contribution in [1.82, 2.24) is 0 Å². The summed E-state index contributed by atoms with van der Waals surface area (Å²) in [5, 5.41) is 3.00. The molecule has 1 atom stereocenters. The summed E-state index contributed by atoms with van der Waals surface area (Å²) in [4.78, 5) is 0. The van der Waals surface area contributed by atoms with E-state index in [4.69, 9.17) is 9.47 Å². The Balaban J connectivity index is 0.000000149. The zero-order chi connectivity index (χ0) is 14.2. The number of aryl methyl sites for hydroxylation is 1. The van der Waals surface area contributed by atoms with Crippen LogP contribution in [0.5, 0.6) is 0 Å². The molecular formula is C18H28O2. The van der Waals surface area contributed by atoms with Crippen LogP contribution in [-0.2, 0) is 15.9 Å². The molecule has 1 heterocycles. The van der Waals surface area contributed by atoms with Gasteiger partial charge in [-0.2, -0.15) is 0 Å². The van der Waals surface area contributed by atoms with Crippen LogP contribution in [0, 0.1) is 10.4 Å². The van der Waals surface area contributed by atoms with E-state index in [1.54, 1.807) is 5.56 Å². The van der Waals surface area contributed by atoms with E-state index in [1.807, 2.05) is 0 Å². The summed E-state index contributed by atoms with van der Waals surface area (Å²) < 4.78 is 10.8. The molecule has 20 heavy (non-hydrogen) atoms. The van der Waals surface area contributed by atoms with Crippen molar-refractivity contribution in [1.29, 1.82) is 0 Å². The molecular weight excluding hydrogens is 248 g/mol. The summed E-state index contributed by atoms with van der Waals surface area (Å²) in [6.07, 6.45) is 7.99. The van der Waals surface area contributed by atoms with Crippen LogP contribution >= 0.6 is 0 Å². The zero-order valence-corrected chi connectivity index (χ0v) is 13.0. The van der Waals surface area contributed by atoms with E-state index in [0.29, 0.717) is 6.10 Å². The van der Waals surface area contributed by atoms with Crippen LogP contribution in [-0.4, -0.2) is 25.9 Å². The highest BCUT2D eigenvalue weighted by atomic mass is 16.6. The lowest BCUT2D eigenvalue weighted by Crippen LogP contribution is -2.28. The average molecular weight is 276 g/mol. The monoisotopic (exact) mass is 276 g/mol. The van der Waals surface area contributed by atoms with Gasteiger partial charge in [0.25, 0.3) is 0 Å². The van der Waals surface area contributed by atoms with Gasteiger partial charge < -0.3 is 9.47 Å². The van der Waals surface area contributed by atoms with E-state index in [2.05, 4.69) is 32.0 Å². The van der Waals surface area contributed by atoms with Crippen LogP contribution in [0.25, 0.3) is 0 Å². The van der Waals surface area contributed by atoms with E-state index in [1.165, 1.54) is 49.0 Å². The first-order chi connectivity index (χ1) is 9.85. The maximum atomic E-state index is 5.50. The lowest BCUT2D eigenvalue weighted by atomic mass is 9.96. The minimum absolute atomic E-state index is 0.385. The zero-order valence-electron chi connectivity index (χ0n) is 13.0. The van der Waals surface area contributed by atoms with Gasteiger partial charge in [0.2, 0.25) is 0 Å². The quantitative estimate of drug-likeness (QED) is 0.735. The third-order valence-corrected chi connectivity index (χ3v) is 3.95. The molecule has 3 rings (SSSR count). The van der Waals surface area contributed by atoms with Gasteiger partial charge in [-0.25, -0.2) is 0 Å². The molecule has 0 amide bonds. The summed E-state index contributed by atoms with van der Waals surface area (Å²) >= 11 is 0. The topological polar surface area (TPSA) is 18.5 Å². The fourth-order valence-electron chi connectivity index (χ4n) is 2.67. The van der Waals surface area contributed by atoms with Gasteiger partial charge in [0.15, 0.2) is 0 Å². The number of unbranched alkanes of at least 4 members (excludes halogenated alkanes) is 2. The van der Waals surface area contributed by atoms with Crippen molar-refractivity contribution in [3.63, 3.8) is 0 Å². The molecule has 1 aliphatic heterocycles. The van der Waals surface area contributed by atoms with Gasteiger partial charge in [-0.15, -0.1) is 0 Å². The Hall–Kier alpha value is -0.860. The first kappa shape index (κ1) is 15.5. The first-order valence-corrected chi connectivity index (χ1v) is 8.17. The van der Waals surface area contributed by atoms with Crippen LogP contribution in [0.3, 0.4) is 0 Å². The summed E-state index contributed by atoms with van der Waals surface area (Å²) in [6.45, 7) is 6.82. The Labute approximate surface area is 122 Å². The predicted octanol–water partition coefficient (Wildman–Crippen LogP) is 4.22. The maximum absolute atomic E-state index is 5.50. The molecule has 0 aromatic heterocycles. The highest BCUT2D eigenvalue weighted by Crippen LogP contribution is 2.16. The molecule has 3 aliphatic rings. The van der Waals surface area contributed by atoms with Crippen molar-refractivity contribution in [3.05, 3.63) is 34.2 Å². The second-order valence-electron chi connectivity index (χ2n) is 5.69. The van der Waals surface area contributed by atoms with Gasteiger partial charge in [-0.05, 0) is 28.8 Å². The van der Waals surface area contributed by atoms with Crippen LogP contribution in [0.1, 0.15) is 51.5 Å². The van der Waals surface area contributed by atoms with Crippen LogP contribution in [0.2, 0.25) is 0 Å². The molecule has 1 unspecified atom stereocenters. The molecule has 0 aromatic carbocycles. The largest absolute Gasteiger partial charge is 0.376 e.